The van der Waals surface area contributed by atoms with E-state index in [1.807, 2.05) is 13.8 Å². The van der Waals surface area contributed by atoms with E-state index in [4.69, 9.17) is 4.74 Å². The standard InChI is InChI=1S/C17H34O2/c1-12(2)15(7,8)19-16(9,10)13(3,4)17(12,11)14(5,6)18/h18H,1-11H3. The number of ether oxygens (including phenoxy) is 1. The van der Waals surface area contributed by atoms with Crippen LogP contribution in [0.25, 0.3) is 0 Å². The van der Waals surface area contributed by atoms with Gasteiger partial charge in [0, 0.05) is 16.2 Å². The van der Waals surface area contributed by atoms with Crippen LogP contribution in [0.2, 0.25) is 0 Å². The Kier molecular flexibility index (Phi) is 3.36. The molecular weight excluding hydrogens is 236 g/mol. The molecule has 0 atom stereocenters. The molecule has 0 aromatic rings. The van der Waals surface area contributed by atoms with Gasteiger partial charge in [0.25, 0.3) is 0 Å². The summed E-state index contributed by atoms with van der Waals surface area (Å²) in [6.07, 6.45) is 0. The molecule has 114 valence electrons. The number of aliphatic hydroxyl groups is 1. The van der Waals surface area contributed by atoms with Crippen molar-refractivity contribution in [2.24, 2.45) is 16.2 Å². The quantitative estimate of drug-likeness (QED) is 0.765. The molecule has 1 saturated heterocycles. The van der Waals surface area contributed by atoms with Crippen molar-refractivity contribution in [3.8, 4) is 0 Å². The third-order valence-electron chi connectivity index (χ3n) is 7.24. The molecule has 0 amide bonds. The fourth-order valence-electron chi connectivity index (χ4n) is 4.41. The maximum Gasteiger partial charge on any atom is 0.0691 e. The second-order valence-corrected chi connectivity index (χ2v) is 9.06. The highest BCUT2D eigenvalue weighted by Gasteiger charge is 2.71. The third-order valence-corrected chi connectivity index (χ3v) is 7.24. The predicted molar refractivity (Wildman–Crippen MR) is 81.2 cm³/mol. The van der Waals surface area contributed by atoms with E-state index in [9.17, 15) is 5.11 Å². The summed E-state index contributed by atoms with van der Waals surface area (Å²) in [6.45, 7) is 23.6. The Bertz CT molecular complexity index is 341. The van der Waals surface area contributed by atoms with Crippen LogP contribution in [0, 0.1) is 16.2 Å². The molecule has 0 aliphatic carbocycles. The van der Waals surface area contributed by atoms with Crippen molar-refractivity contribution >= 4 is 0 Å². The Morgan fingerprint density at radius 3 is 1.16 bits per heavy atom. The monoisotopic (exact) mass is 270 g/mol. The first-order chi connectivity index (χ1) is 7.96. The van der Waals surface area contributed by atoms with Gasteiger partial charge in [-0.3, -0.25) is 0 Å². The maximum atomic E-state index is 11.0. The van der Waals surface area contributed by atoms with Gasteiger partial charge < -0.3 is 9.84 Å². The van der Waals surface area contributed by atoms with Gasteiger partial charge in [-0.15, -0.1) is 0 Å². The largest absolute Gasteiger partial charge is 0.390 e. The number of hydrogen-bond acceptors (Lipinski definition) is 2. The lowest BCUT2D eigenvalue weighted by Crippen LogP contribution is -2.75. The molecule has 1 fully saturated rings. The topological polar surface area (TPSA) is 29.5 Å². The van der Waals surface area contributed by atoms with Crippen LogP contribution in [0.3, 0.4) is 0 Å². The zero-order chi connectivity index (χ0) is 15.7. The highest BCUT2D eigenvalue weighted by molar-refractivity contribution is 5.19. The minimum absolute atomic E-state index is 0.169. The Balaban J connectivity index is 3.70. The minimum Gasteiger partial charge on any atom is -0.390 e. The molecule has 1 rings (SSSR count). The van der Waals surface area contributed by atoms with E-state index in [-0.39, 0.29) is 27.4 Å². The first-order valence-corrected chi connectivity index (χ1v) is 7.38. The van der Waals surface area contributed by atoms with Crippen LogP contribution >= 0.6 is 0 Å². The molecule has 0 aromatic heterocycles. The fourth-order valence-corrected chi connectivity index (χ4v) is 4.41. The zero-order valence-electron chi connectivity index (χ0n) is 14.9. The van der Waals surface area contributed by atoms with Gasteiger partial charge in [0.1, 0.15) is 0 Å². The summed E-state index contributed by atoms with van der Waals surface area (Å²) in [4.78, 5) is 0. The summed E-state index contributed by atoms with van der Waals surface area (Å²) in [5.41, 5.74) is -2.04. The molecule has 1 heterocycles. The summed E-state index contributed by atoms with van der Waals surface area (Å²) >= 11 is 0. The average Bonchev–Trinajstić information content (AvgIpc) is 2.10. The molecule has 0 saturated carbocycles. The van der Waals surface area contributed by atoms with Crippen LogP contribution in [-0.4, -0.2) is 21.9 Å². The smallest absolute Gasteiger partial charge is 0.0691 e. The Morgan fingerprint density at radius 1 is 0.684 bits per heavy atom. The van der Waals surface area contributed by atoms with E-state index >= 15 is 0 Å². The van der Waals surface area contributed by atoms with E-state index in [0.717, 1.165) is 0 Å². The second kappa shape index (κ2) is 3.76. The SMILES string of the molecule is CC(C)(O)C1(C)C(C)(C)C(C)(C)OC(C)(C)C1(C)C. The first-order valence-electron chi connectivity index (χ1n) is 7.38. The van der Waals surface area contributed by atoms with Crippen LogP contribution in [0.15, 0.2) is 0 Å². The fraction of sp³-hybridized carbons (Fsp3) is 1.00. The van der Waals surface area contributed by atoms with Crippen molar-refractivity contribution in [1.29, 1.82) is 0 Å². The average molecular weight is 270 g/mol. The number of rotatable bonds is 1. The lowest BCUT2D eigenvalue weighted by Gasteiger charge is -2.72. The lowest BCUT2D eigenvalue weighted by atomic mass is 9.39. The molecule has 0 radical (unpaired) electrons. The van der Waals surface area contributed by atoms with Crippen molar-refractivity contribution in [3.63, 3.8) is 0 Å². The third kappa shape index (κ3) is 1.75. The van der Waals surface area contributed by atoms with Crippen LogP contribution in [-0.2, 0) is 4.74 Å². The van der Waals surface area contributed by atoms with Gasteiger partial charge >= 0.3 is 0 Å². The molecule has 2 heteroatoms. The van der Waals surface area contributed by atoms with Crippen LogP contribution in [0.1, 0.15) is 76.2 Å². The van der Waals surface area contributed by atoms with Gasteiger partial charge in [0.2, 0.25) is 0 Å². The van der Waals surface area contributed by atoms with Crippen LogP contribution in [0.4, 0.5) is 0 Å². The summed E-state index contributed by atoms with van der Waals surface area (Å²) in [7, 11) is 0. The van der Waals surface area contributed by atoms with Crippen molar-refractivity contribution in [1.82, 2.24) is 0 Å². The Labute approximate surface area is 119 Å². The Hall–Kier alpha value is -0.0800. The Morgan fingerprint density at radius 2 is 0.947 bits per heavy atom. The molecule has 0 bridgehead atoms. The molecule has 1 aliphatic heterocycles. The van der Waals surface area contributed by atoms with Gasteiger partial charge in [-0.2, -0.15) is 0 Å². The highest BCUT2D eigenvalue weighted by atomic mass is 16.5. The molecule has 1 N–H and O–H groups in total. The summed E-state index contributed by atoms with van der Waals surface area (Å²) in [5, 5.41) is 11.0. The van der Waals surface area contributed by atoms with Crippen molar-refractivity contribution in [2.75, 3.05) is 0 Å². The van der Waals surface area contributed by atoms with Gasteiger partial charge in [-0.25, -0.2) is 0 Å². The van der Waals surface area contributed by atoms with E-state index in [0.29, 0.717) is 0 Å². The molecule has 2 nitrogen and oxygen atoms in total. The van der Waals surface area contributed by atoms with E-state index in [1.165, 1.54) is 0 Å². The van der Waals surface area contributed by atoms with Gasteiger partial charge in [-0.05, 0) is 41.5 Å². The second-order valence-electron chi connectivity index (χ2n) is 9.06. The van der Waals surface area contributed by atoms with Gasteiger partial charge in [-0.1, -0.05) is 34.6 Å². The first kappa shape index (κ1) is 17.0. The van der Waals surface area contributed by atoms with Gasteiger partial charge in [0.15, 0.2) is 0 Å². The lowest BCUT2D eigenvalue weighted by molar-refractivity contribution is -0.361. The number of hydrogen-bond donors (Lipinski definition) is 1. The van der Waals surface area contributed by atoms with Crippen molar-refractivity contribution in [2.45, 2.75) is 93.0 Å². The summed E-state index contributed by atoms with van der Waals surface area (Å²) in [5.74, 6) is 0. The van der Waals surface area contributed by atoms with Crippen molar-refractivity contribution in [3.05, 3.63) is 0 Å². The van der Waals surface area contributed by atoms with Crippen LogP contribution in [0.5, 0.6) is 0 Å². The maximum absolute atomic E-state index is 11.0. The predicted octanol–water partition coefficient (Wildman–Crippen LogP) is 4.40. The van der Waals surface area contributed by atoms with E-state index < -0.39 is 5.60 Å². The van der Waals surface area contributed by atoms with Crippen molar-refractivity contribution < 1.29 is 9.84 Å². The molecule has 1 aliphatic rings. The molecular formula is C17H34O2. The summed E-state index contributed by atoms with van der Waals surface area (Å²) in [6, 6.07) is 0. The molecule has 0 aromatic carbocycles. The van der Waals surface area contributed by atoms with E-state index in [2.05, 4.69) is 62.3 Å². The normalized spacial score (nSPS) is 30.9. The molecule has 19 heavy (non-hydrogen) atoms. The van der Waals surface area contributed by atoms with Gasteiger partial charge in [0.05, 0.1) is 16.8 Å². The van der Waals surface area contributed by atoms with E-state index in [1.54, 1.807) is 0 Å². The zero-order valence-corrected chi connectivity index (χ0v) is 14.9. The highest BCUT2D eigenvalue weighted by Crippen LogP contribution is 2.69. The molecule has 0 unspecified atom stereocenters. The molecule has 0 spiro atoms. The minimum atomic E-state index is -0.793. The summed E-state index contributed by atoms with van der Waals surface area (Å²) < 4.78 is 6.47. The van der Waals surface area contributed by atoms with Crippen LogP contribution < -0.4 is 0 Å².